The number of nitrogens with zero attached hydrogens (tertiary/aromatic N) is 1. The molecule has 0 amide bonds. The average molecular weight is 223 g/mol. The Hall–Kier alpha value is -1.38. The van der Waals surface area contributed by atoms with Crippen LogP contribution in [-0.2, 0) is 0 Å². The zero-order valence-corrected chi connectivity index (χ0v) is 11.0. The van der Waals surface area contributed by atoms with Crippen LogP contribution >= 0.6 is 0 Å². The highest BCUT2D eigenvalue weighted by Gasteiger charge is 2.20. The fourth-order valence-electron chi connectivity index (χ4n) is 1.42. The lowest BCUT2D eigenvalue weighted by Gasteiger charge is -2.35. The molecule has 0 saturated heterocycles. The third-order valence-electron chi connectivity index (χ3n) is 2.75. The molecule has 1 aromatic rings. The zero-order chi connectivity index (χ0) is 12.3. The maximum atomic E-state index is 5.38. The predicted octanol–water partition coefficient (Wildman–Crippen LogP) is 2.94. The molecule has 0 atom stereocenters. The molecule has 0 saturated carbocycles. The molecule has 0 aromatic heterocycles. The number of rotatable bonds is 3. The molecule has 1 aromatic carbocycles. The second-order valence-electron chi connectivity index (χ2n) is 4.77. The summed E-state index contributed by atoms with van der Waals surface area (Å²) in [7, 11) is 5.39. The number of benzene rings is 1. The SMILES string of the molecule is COc1ccc(N(C)C(C)(C)C)c(OC)c1. The van der Waals surface area contributed by atoms with Crippen molar-refractivity contribution in [3.05, 3.63) is 18.2 Å². The molecule has 0 bridgehead atoms. The number of anilines is 1. The molecule has 0 radical (unpaired) electrons. The zero-order valence-electron chi connectivity index (χ0n) is 11.0. The predicted molar refractivity (Wildman–Crippen MR) is 67.7 cm³/mol. The summed E-state index contributed by atoms with van der Waals surface area (Å²) in [6, 6.07) is 5.86. The molecular weight excluding hydrogens is 202 g/mol. The van der Waals surface area contributed by atoms with Gasteiger partial charge in [0.2, 0.25) is 0 Å². The normalized spacial score (nSPS) is 11.1. The monoisotopic (exact) mass is 223 g/mol. The van der Waals surface area contributed by atoms with Gasteiger partial charge in [0.1, 0.15) is 11.5 Å². The quantitative estimate of drug-likeness (QED) is 0.786. The molecule has 0 spiro atoms. The van der Waals surface area contributed by atoms with Crippen molar-refractivity contribution in [2.75, 3.05) is 26.2 Å². The first-order valence-corrected chi connectivity index (χ1v) is 5.36. The van der Waals surface area contributed by atoms with Crippen LogP contribution in [0, 0.1) is 0 Å². The fraction of sp³-hybridized carbons (Fsp3) is 0.538. The van der Waals surface area contributed by atoms with Gasteiger partial charge in [0.15, 0.2) is 0 Å². The lowest BCUT2D eigenvalue weighted by molar-refractivity contribution is 0.392. The molecule has 16 heavy (non-hydrogen) atoms. The van der Waals surface area contributed by atoms with Gasteiger partial charge in [-0.15, -0.1) is 0 Å². The molecule has 0 aliphatic carbocycles. The molecule has 0 unspecified atom stereocenters. The Labute approximate surface area is 98.0 Å². The van der Waals surface area contributed by atoms with Crippen LogP contribution in [0.4, 0.5) is 5.69 Å². The van der Waals surface area contributed by atoms with E-state index in [1.807, 2.05) is 18.2 Å². The van der Waals surface area contributed by atoms with Crippen molar-refractivity contribution in [1.29, 1.82) is 0 Å². The van der Waals surface area contributed by atoms with E-state index in [1.54, 1.807) is 14.2 Å². The molecule has 3 nitrogen and oxygen atoms in total. The summed E-state index contributed by atoms with van der Waals surface area (Å²) in [6.45, 7) is 6.49. The van der Waals surface area contributed by atoms with Gasteiger partial charge >= 0.3 is 0 Å². The van der Waals surface area contributed by atoms with Crippen molar-refractivity contribution in [1.82, 2.24) is 0 Å². The highest BCUT2D eigenvalue weighted by molar-refractivity contribution is 5.61. The second kappa shape index (κ2) is 4.64. The van der Waals surface area contributed by atoms with Crippen LogP contribution in [0.1, 0.15) is 20.8 Å². The summed E-state index contributed by atoms with van der Waals surface area (Å²) in [4.78, 5) is 2.19. The van der Waals surface area contributed by atoms with Crippen molar-refractivity contribution >= 4 is 5.69 Å². The topological polar surface area (TPSA) is 21.7 Å². The highest BCUT2D eigenvalue weighted by Crippen LogP contribution is 2.34. The van der Waals surface area contributed by atoms with E-state index in [0.717, 1.165) is 17.2 Å². The highest BCUT2D eigenvalue weighted by atomic mass is 16.5. The maximum Gasteiger partial charge on any atom is 0.145 e. The van der Waals surface area contributed by atoms with Crippen LogP contribution in [0.25, 0.3) is 0 Å². The van der Waals surface area contributed by atoms with Gasteiger partial charge in [-0.1, -0.05) is 0 Å². The van der Waals surface area contributed by atoms with Crippen molar-refractivity contribution in [2.24, 2.45) is 0 Å². The first kappa shape index (κ1) is 12.7. The first-order valence-electron chi connectivity index (χ1n) is 5.36. The first-order chi connectivity index (χ1) is 7.40. The van der Waals surface area contributed by atoms with E-state index in [9.17, 15) is 0 Å². The van der Waals surface area contributed by atoms with Crippen LogP contribution in [0.5, 0.6) is 11.5 Å². The molecule has 3 heteroatoms. The Morgan fingerprint density at radius 1 is 1.06 bits per heavy atom. The summed E-state index contributed by atoms with van der Waals surface area (Å²) in [5.74, 6) is 1.64. The third kappa shape index (κ3) is 2.60. The van der Waals surface area contributed by atoms with Gasteiger partial charge in [0.05, 0.1) is 19.9 Å². The standard InChI is InChI=1S/C13H21NO2/c1-13(2,3)14(4)11-8-7-10(15-5)9-12(11)16-6/h7-9H,1-6H3. The van der Waals surface area contributed by atoms with Crippen LogP contribution in [0.2, 0.25) is 0 Å². The Balaban J connectivity index is 3.14. The minimum atomic E-state index is 0.0574. The van der Waals surface area contributed by atoms with E-state index in [0.29, 0.717) is 0 Å². The lowest BCUT2D eigenvalue weighted by atomic mass is 10.1. The van der Waals surface area contributed by atoms with E-state index < -0.39 is 0 Å². The van der Waals surface area contributed by atoms with Crippen LogP contribution in [0.15, 0.2) is 18.2 Å². The average Bonchev–Trinajstić information content (AvgIpc) is 2.26. The van der Waals surface area contributed by atoms with E-state index in [2.05, 4.69) is 32.7 Å². The molecule has 0 N–H and O–H groups in total. The van der Waals surface area contributed by atoms with Gasteiger partial charge in [0, 0.05) is 18.7 Å². The number of hydrogen-bond acceptors (Lipinski definition) is 3. The Kier molecular flexibility index (Phi) is 3.68. The smallest absolute Gasteiger partial charge is 0.145 e. The van der Waals surface area contributed by atoms with E-state index in [4.69, 9.17) is 9.47 Å². The Bertz CT molecular complexity index is 355. The van der Waals surface area contributed by atoms with Gasteiger partial charge in [0.25, 0.3) is 0 Å². The van der Waals surface area contributed by atoms with Crippen LogP contribution < -0.4 is 14.4 Å². The Morgan fingerprint density at radius 2 is 1.69 bits per heavy atom. The largest absolute Gasteiger partial charge is 0.497 e. The summed E-state index contributed by atoms with van der Waals surface area (Å²) in [6.07, 6.45) is 0. The third-order valence-corrected chi connectivity index (χ3v) is 2.75. The van der Waals surface area contributed by atoms with E-state index >= 15 is 0 Å². The van der Waals surface area contributed by atoms with Crippen LogP contribution in [0.3, 0.4) is 0 Å². The van der Waals surface area contributed by atoms with Gasteiger partial charge in [-0.2, -0.15) is 0 Å². The molecule has 0 heterocycles. The summed E-state index contributed by atoms with van der Waals surface area (Å²) in [5.41, 5.74) is 1.12. The summed E-state index contributed by atoms with van der Waals surface area (Å²) in [5, 5.41) is 0. The van der Waals surface area contributed by atoms with Gasteiger partial charge < -0.3 is 14.4 Å². The molecule has 90 valence electrons. The summed E-state index contributed by atoms with van der Waals surface area (Å²) >= 11 is 0. The Morgan fingerprint density at radius 3 is 2.12 bits per heavy atom. The van der Waals surface area contributed by atoms with E-state index in [1.165, 1.54) is 0 Å². The lowest BCUT2D eigenvalue weighted by Crippen LogP contribution is -2.38. The molecular formula is C13H21NO2. The van der Waals surface area contributed by atoms with E-state index in [-0.39, 0.29) is 5.54 Å². The maximum absolute atomic E-state index is 5.38. The molecule has 0 fully saturated rings. The van der Waals surface area contributed by atoms with Gasteiger partial charge in [-0.25, -0.2) is 0 Å². The number of methoxy groups -OCH3 is 2. The summed E-state index contributed by atoms with van der Waals surface area (Å²) < 4.78 is 10.6. The van der Waals surface area contributed by atoms with Crippen LogP contribution in [-0.4, -0.2) is 26.8 Å². The minimum Gasteiger partial charge on any atom is -0.497 e. The van der Waals surface area contributed by atoms with Gasteiger partial charge in [-0.3, -0.25) is 0 Å². The minimum absolute atomic E-state index is 0.0574. The number of hydrogen-bond donors (Lipinski definition) is 0. The van der Waals surface area contributed by atoms with Crippen molar-refractivity contribution < 1.29 is 9.47 Å². The van der Waals surface area contributed by atoms with Crippen molar-refractivity contribution in [3.8, 4) is 11.5 Å². The molecule has 0 aliphatic rings. The molecule has 0 aliphatic heterocycles. The van der Waals surface area contributed by atoms with Crippen molar-refractivity contribution in [2.45, 2.75) is 26.3 Å². The van der Waals surface area contributed by atoms with Gasteiger partial charge in [-0.05, 0) is 32.9 Å². The second-order valence-corrected chi connectivity index (χ2v) is 4.77. The number of ether oxygens (including phenoxy) is 2. The fourth-order valence-corrected chi connectivity index (χ4v) is 1.42. The van der Waals surface area contributed by atoms with Crippen molar-refractivity contribution in [3.63, 3.8) is 0 Å². The molecule has 1 rings (SSSR count).